The van der Waals surface area contributed by atoms with Crippen LogP contribution in [0.25, 0.3) is 0 Å². The van der Waals surface area contributed by atoms with Gasteiger partial charge >= 0.3 is 6.09 Å². The van der Waals surface area contributed by atoms with Crippen molar-refractivity contribution in [3.8, 4) is 11.6 Å². The maximum atomic E-state index is 13.1. The number of amides is 1. The standard InChI is InChI=1S/C7H6ClFN2O3/c1-13-4-2-3(14-7(10)12)5(9)6(8)11-4/h2H,1H3,(H2,10,12). The molecule has 0 aromatic carbocycles. The Morgan fingerprint density at radius 3 is 2.86 bits per heavy atom. The third-order valence-corrected chi connectivity index (χ3v) is 1.53. The molecule has 0 fully saturated rings. The first kappa shape index (κ1) is 10.5. The van der Waals surface area contributed by atoms with E-state index in [0.717, 1.165) is 6.07 Å². The fraction of sp³-hybridized carbons (Fsp3) is 0.143. The predicted molar refractivity (Wildman–Crippen MR) is 46.0 cm³/mol. The van der Waals surface area contributed by atoms with Crippen LogP contribution >= 0.6 is 11.6 Å². The summed E-state index contributed by atoms with van der Waals surface area (Å²) in [5, 5.41) is -0.458. The molecule has 0 aliphatic carbocycles. The molecule has 76 valence electrons. The van der Waals surface area contributed by atoms with Gasteiger partial charge < -0.3 is 15.2 Å². The summed E-state index contributed by atoms with van der Waals surface area (Å²) in [5.74, 6) is -1.37. The number of rotatable bonds is 2. The van der Waals surface area contributed by atoms with Crippen LogP contribution in [0.2, 0.25) is 5.15 Å². The van der Waals surface area contributed by atoms with Crippen molar-refractivity contribution >= 4 is 17.7 Å². The van der Waals surface area contributed by atoms with Crippen molar-refractivity contribution in [2.75, 3.05) is 7.11 Å². The van der Waals surface area contributed by atoms with Gasteiger partial charge in [0.25, 0.3) is 0 Å². The van der Waals surface area contributed by atoms with Crippen LogP contribution in [0.5, 0.6) is 11.6 Å². The molecular weight excluding hydrogens is 215 g/mol. The molecular formula is C7H6ClFN2O3. The average Bonchev–Trinajstić information content (AvgIpc) is 2.11. The average molecular weight is 221 g/mol. The van der Waals surface area contributed by atoms with E-state index in [1.54, 1.807) is 0 Å². The normalized spacial score (nSPS) is 9.64. The Balaban J connectivity index is 3.13. The lowest BCUT2D eigenvalue weighted by Crippen LogP contribution is -2.17. The Labute approximate surface area is 83.6 Å². The van der Waals surface area contributed by atoms with E-state index in [9.17, 15) is 9.18 Å². The van der Waals surface area contributed by atoms with E-state index in [1.807, 2.05) is 0 Å². The second kappa shape index (κ2) is 4.10. The summed E-state index contributed by atoms with van der Waals surface area (Å²) in [4.78, 5) is 13.9. The lowest BCUT2D eigenvalue weighted by Gasteiger charge is -2.05. The van der Waals surface area contributed by atoms with Crippen LogP contribution in [-0.4, -0.2) is 18.2 Å². The highest BCUT2D eigenvalue weighted by Gasteiger charge is 2.14. The molecule has 0 spiro atoms. The SMILES string of the molecule is COc1cc(OC(N)=O)c(F)c(Cl)n1. The number of aromatic nitrogens is 1. The van der Waals surface area contributed by atoms with Crippen LogP contribution in [0, 0.1) is 5.82 Å². The van der Waals surface area contributed by atoms with Gasteiger partial charge in [-0.05, 0) is 0 Å². The summed E-state index contributed by atoms with van der Waals surface area (Å²) in [6.07, 6.45) is -1.15. The molecule has 14 heavy (non-hydrogen) atoms. The fourth-order valence-corrected chi connectivity index (χ4v) is 0.919. The van der Waals surface area contributed by atoms with E-state index in [4.69, 9.17) is 17.3 Å². The van der Waals surface area contributed by atoms with Gasteiger partial charge in [-0.25, -0.2) is 4.79 Å². The largest absolute Gasteiger partial charge is 0.481 e. The molecule has 0 saturated carbocycles. The van der Waals surface area contributed by atoms with Gasteiger partial charge in [0.05, 0.1) is 7.11 Å². The van der Waals surface area contributed by atoms with Crippen molar-refractivity contribution in [3.05, 3.63) is 17.0 Å². The molecule has 1 heterocycles. The number of methoxy groups -OCH3 is 1. The van der Waals surface area contributed by atoms with Crippen LogP contribution < -0.4 is 15.2 Å². The zero-order chi connectivity index (χ0) is 10.7. The Morgan fingerprint density at radius 2 is 2.36 bits per heavy atom. The number of nitrogens with two attached hydrogens (primary N) is 1. The molecule has 0 atom stereocenters. The third kappa shape index (κ3) is 2.23. The minimum atomic E-state index is -1.15. The molecule has 0 bridgehead atoms. The first-order chi connectivity index (χ1) is 6.54. The van der Waals surface area contributed by atoms with E-state index in [0.29, 0.717) is 0 Å². The van der Waals surface area contributed by atoms with Crippen LogP contribution in [0.4, 0.5) is 9.18 Å². The highest BCUT2D eigenvalue weighted by molar-refractivity contribution is 6.29. The molecule has 2 N–H and O–H groups in total. The Morgan fingerprint density at radius 1 is 1.71 bits per heavy atom. The van der Waals surface area contributed by atoms with Crippen LogP contribution in [-0.2, 0) is 0 Å². The molecule has 1 aromatic rings. The summed E-state index contributed by atoms with van der Waals surface area (Å²) in [7, 11) is 1.31. The molecule has 1 aromatic heterocycles. The van der Waals surface area contributed by atoms with Gasteiger partial charge in [0.1, 0.15) is 0 Å². The lowest BCUT2D eigenvalue weighted by atomic mass is 10.4. The van der Waals surface area contributed by atoms with E-state index >= 15 is 0 Å². The van der Waals surface area contributed by atoms with E-state index in [-0.39, 0.29) is 5.88 Å². The molecule has 0 aliphatic heterocycles. The molecule has 1 rings (SSSR count). The van der Waals surface area contributed by atoms with Crippen molar-refractivity contribution in [1.82, 2.24) is 4.98 Å². The highest BCUT2D eigenvalue weighted by atomic mass is 35.5. The number of carbonyl (C=O) groups excluding carboxylic acids is 1. The maximum absolute atomic E-state index is 13.1. The Hall–Kier alpha value is -1.56. The number of pyridine rings is 1. The van der Waals surface area contributed by atoms with Gasteiger partial charge in [-0.2, -0.15) is 9.37 Å². The summed E-state index contributed by atoms with van der Waals surface area (Å²) in [5.41, 5.74) is 4.70. The first-order valence-electron chi connectivity index (χ1n) is 3.42. The number of hydrogen-bond donors (Lipinski definition) is 1. The van der Waals surface area contributed by atoms with Gasteiger partial charge in [-0.3, -0.25) is 0 Å². The van der Waals surface area contributed by atoms with E-state index in [1.165, 1.54) is 7.11 Å². The minimum absolute atomic E-state index is 0.0210. The van der Waals surface area contributed by atoms with Gasteiger partial charge in [-0.15, -0.1) is 0 Å². The number of carbonyl (C=O) groups is 1. The maximum Gasteiger partial charge on any atom is 0.410 e. The molecule has 7 heteroatoms. The second-order valence-corrected chi connectivity index (χ2v) is 2.55. The molecule has 0 radical (unpaired) electrons. The Bertz CT molecular complexity index is 372. The molecule has 0 saturated heterocycles. The van der Waals surface area contributed by atoms with Gasteiger partial charge in [0, 0.05) is 6.07 Å². The van der Waals surface area contributed by atoms with Crippen molar-refractivity contribution in [1.29, 1.82) is 0 Å². The number of nitrogens with zero attached hydrogens (tertiary/aromatic N) is 1. The van der Waals surface area contributed by atoms with Crippen molar-refractivity contribution in [3.63, 3.8) is 0 Å². The Kier molecular flexibility index (Phi) is 3.08. The number of hydrogen-bond acceptors (Lipinski definition) is 4. The monoisotopic (exact) mass is 220 g/mol. The summed E-state index contributed by atoms with van der Waals surface area (Å²) in [6.45, 7) is 0. The van der Waals surface area contributed by atoms with Crippen molar-refractivity contribution < 1.29 is 18.7 Å². The van der Waals surface area contributed by atoms with Crippen molar-refractivity contribution in [2.45, 2.75) is 0 Å². The van der Waals surface area contributed by atoms with Gasteiger partial charge in [-0.1, -0.05) is 11.6 Å². The third-order valence-electron chi connectivity index (χ3n) is 1.28. The van der Waals surface area contributed by atoms with Gasteiger partial charge in [0.15, 0.2) is 10.9 Å². The second-order valence-electron chi connectivity index (χ2n) is 2.19. The quantitative estimate of drug-likeness (QED) is 0.764. The van der Waals surface area contributed by atoms with Crippen LogP contribution in [0.15, 0.2) is 6.07 Å². The smallest absolute Gasteiger partial charge is 0.410 e. The molecule has 1 amide bonds. The van der Waals surface area contributed by atoms with Gasteiger partial charge in [0.2, 0.25) is 11.7 Å². The van der Waals surface area contributed by atoms with Crippen molar-refractivity contribution in [2.24, 2.45) is 5.73 Å². The zero-order valence-electron chi connectivity index (χ0n) is 7.08. The zero-order valence-corrected chi connectivity index (χ0v) is 7.84. The minimum Gasteiger partial charge on any atom is -0.481 e. The molecule has 0 aliphatic rings. The van der Waals surface area contributed by atoms with Crippen LogP contribution in [0.3, 0.4) is 0 Å². The number of ether oxygens (including phenoxy) is 2. The highest BCUT2D eigenvalue weighted by Crippen LogP contribution is 2.27. The number of primary amides is 1. The number of halogens is 2. The summed E-state index contributed by atoms with van der Waals surface area (Å²) < 4.78 is 22.1. The van der Waals surface area contributed by atoms with Crippen LogP contribution in [0.1, 0.15) is 0 Å². The fourth-order valence-electron chi connectivity index (χ4n) is 0.742. The topological polar surface area (TPSA) is 74.4 Å². The lowest BCUT2D eigenvalue weighted by molar-refractivity contribution is 0.208. The molecule has 5 nitrogen and oxygen atoms in total. The van der Waals surface area contributed by atoms with E-state index < -0.39 is 22.8 Å². The predicted octanol–water partition coefficient (Wildman–Crippen LogP) is 1.34. The van der Waals surface area contributed by atoms with E-state index in [2.05, 4.69) is 14.5 Å². The molecule has 0 unspecified atom stereocenters. The summed E-state index contributed by atoms with van der Waals surface area (Å²) >= 11 is 5.38. The summed E-state index contributed by atoms with van der Waals surface area (Å²) in [6, 6.07) is 1.06. The first-order valence-corrected chi connectivity index (χ1v) is 3.79.